The molecule has 1 amide bonds. The SMILES string of the molecule is O=C(NC1CC(C(=O)O)C1)c1cccc(-c2ccoc2)c1. The minimum Gasteiger partial charge on any atom is -0.481 e. The van der Waals surface area contributed by atoms with Gasteiger partial charge < -0.3 is 14.8 Å². The molecular weight excluding hydrogens is 270 g/mol. The summed E-state index contributed by atoms with van der Waals surface area (Å²) in [5, 5.41) is 11.7. The van der Waals surface area contributed by atoms with Gasteiger partial charge in [0.15, 0.2) is 0 Å². The fourth-order valence-corrected chi connectivity index (χ4v) is 2.47. The minimum atomic E-state index is -0.789. The normalized spacial score (nSPS) is 20.6. The molecule has 0 spiro atoms. The number of amides is 1. The first kappa shape index (κ1) is 13.4. The first-order valence-electron chi connectivity index (χ1n) is 6.80. The molecule has 0 atom stereocenters. The number of hydrogen-bond donors (Lipinski definition) is 2. The van der Waals surface area contributed by atoms with Crippen molar-refractivity contribution in [3.8, 4) is 11.1 Å². The molecule has 1 aromatic heterocycles. The van der Waals surface area contributed by atoms with Crippen LogP contribution in [0.1, 0.15) is 23.2 Å². The Morgan fingerprint density at radius 3 is 2.67 bits per heavy atom. The van der Waals surface area contributed by atoms with E-state index in [9.17, 15) is 9.59 Å². The van der Waals surface area contributed by atoms with Crippen LogP contribution in [0.5, 0.6) is 0 Å². The highest BCUT2D eigenvalue weighted by Crippen LogP contribution is 2.28. The summed E-state index contributed by atoms with van der Waals surface area (Å²) in [5.41, 5.74) is 2.39. The molecule has 3 rings (SSSR count). The lowest BCUT2D eigenvalue weighted by molar-refractivity contribution is -0.145. The summed E-state index contributed by atoms with van der Waals surface area (Å²) in [6.07, 6.45) is 4.22. The third-order valence-corrected chi connectivity index (χ3v) is 3.80. The molecular formula is C16H15NO4. The van der Waals surface area contributed by atoms with E-state index < -0.39 is 5.97 Å². The molecule has 0 unspecified atom stereocenters. The van der Waals surface area contributed by atoms with Crippen LogP contribution in [-0.4, -0.2) is 23.0 Å². The van der Waals surface area contributed by atoms with Crippen molar-refractivity contribution in [2.45, 2.75) is 18.9 Å². The van der Waals surface area contributed by atoms with Crippen LogP contribution in [0, 0.1) is 5.92 Å². The van der Waals surface area contributed by atoms with Gasteiger partial charge in [-0.15, -0.1) is 0 Å². The first-order chi connectivity index (χ1) is 10.1. The Bertz CT molecular complexity index is 657. The van der Waals surface area contributed by atoms with Gasteiger partial charge in [-0.2, -0.15) is 0 Å². The van der Waals surface area contributed by atoms with E-state index in [1.807, 2.05) is 18.2 Å². The zero-order valence-electron chi connectivity index (χ0n) is 11.3. The van der Waals surface area contributed by atoms with Crippen molar-refractivity contribution in [1.29, 1.82) is 0 Å². The molecule has 1 fully saturated rings. The number of nitrogens with one attached hydrogen (secondary N) is 1. The molecule has 1 aliphatic carbocycles. The van der Waals surface area contributed by atoms with Gasteiger partial charge in [0.1, 0.15) is 0 Å². The number of carbonyl (C=O) groups is 2. The van der Waals surface area contributed by atoms with Gasteiger partial charge in [-0.3, -0.25) is 9.59 Å². The van der Waals surface area contributed by atoms with Crippen molar-refractivity contribution in [1.82, 2.24) is 5.32 Å². The van der Waals surface area contributed by atoms with Gasteiger partial charge in [0.2, 0.25) is 0 Å². The average Bonchev–Trinajstić information content (AvgIpc) is 2.96. The Balaban J connectivity index is 1.66. The largest absolute Gasteiger partial charge is 0.481 e. The lowest BCUT2D eigenvalue weighted by Gasteiger charge is -2.32. The number of benzene rings is 1. The molecule has 21 heavy (non-hydrogen) atoms. The Hall–Kier alpha value is -2.56. The highest BCUT2D eigenvalue weighted by molar-refractivity contribution is 5.95. The molecule has 5 nitrogen and oxygen atoms in total. The van der Waals surface area contributed by atoms with Crippen LogP contribution in [-0.2, 0) is 4.79 Å². The van der Waals surface area contributed by atoms with Crippen molar-refractivity contribution in [2.24, 2.45) is 5.92 Å². The number of carbonyl (C=O) groups excluding carboxylic acids is 1. The quantitative estimate of drug-likeness (QED) is 0.904. The van der Waals surface area contributed by atoms with E-state index in [1.165, 1.54) is 0 Å². The second-order valence-corrected chi connectivity index (χ2v) is 5.27. The van der Waals surface area contributed by atoms with Gasteiger partial charge >= 0.3 is 5.97 Å². The van der Waals surface area contributed by atoms with Crippen molar-refractivity contribution in [3.05, 3.63) is 48.4 Å². The summed E-state index contributed by atoms with van der Waals surface area (Å²) >= 11 is 0. The predicted octanol–water partition coefficient (Wildman–Crippen LogP) is 2.54. The number of carboxylic acids is 1. The molecule has 1 saturated carbocycles. The maximum atomic E-state index is 12.2. The Morgan fingerprint density at radius 2 is 2.00 bits per heavy atom. The van der Waals surface area contributed by atoms with Crippen LogP contribution in [0.25, 0.3) is 11.1 Å². The maximum absolute atomic E-state index is 12.2. The molecule has 1 heterocycles. The van der Waals surface area contributed by atoms with Crippen molar-refractivity contribution < 1.29 is 19.1 Å². The smallest absolute Gasteiger partial charge is 0.306 e. The van der Waals surface area contributed by atoms with Gasteiger partial charge in [-0.25, -0.2) is 0 Å². The molecule has 0 saturated heterocycles. The Kier molecular flexibility index (Phi) is 3.48. The fraction of sp³-hybridized carbons (Fsp3) is 0.250. The highest BCUT2D eigenvalue weighted by atomic mass is 16.4. The molecule has 1 aliphatic rings. The predicted molar refractivity (Wildman–Crippen MR) is 75.8 cm³/mol. The van der Waals surface area contributed by atoms with Crippen LogP contribution in [0.2, 0.25) is 0 Å². The van der Waals surface area contributed by atoms with E-state index >= 15 is 0 Å². The van der Waals surface area contributed by atoms with E-state index in [2.05, 4.69) is 5.32 Å². The van der Waals surface area contributed by atoms with Crippen LogP contribution in [0.4, 0.5) is 0 Å². The number of furan rings is 1. The van der Waals surface area contributed by atoms with Gasteiger partial charge in [0.05, 0.1) is 18.4 Å². The zero-order valence-corrected chi connectivity index (χ0v) is 11.3. The average molecular weight is 285 g/mol. The number of rotatable bonds is 4. The van der Waals surface area contributed by atoms with Gasteiger partial charge in [-0.05, 0) is 36.6 Å². The van der Waals surface area contributed by atoms with Gasteiger partial charge in [0.25, 0.3) is 5.91 Å². The summed E-state index contributed by atoms with van der Waals surface area (Å²) in [6, 6.07) is 9.06. The second kappa shape index (κ2) is 5.44. The second-order valence-electron chi connectivity index (χ2n) is 5.27. The number of aliphatic carboxylic acids is 1. The number of carboxylic acid groups (broad SMARTS) is 1. The monoisotopic (exact) mass is 285 g/mol. The van der Waals surface area contributed by atoms with E-state index in [0.717, 1.165) is 11.1 Å². The highest BCUT2D eigenvalue weighted by Gasteiger charge is 2.35. The Morgan fingerprint density at radius 1 is 1.19 bits per heavy atom. The summed E-state index contributed by atoms with van der Waals surface area (Å²) < 4.78 is 5.04. The first-order valence-corrected chi connectivity index (χ1v) is 6.80. The van der Waals surface area contributed by atoms with Crippen LogP contribution in [0.15, 0.2) is 47.3 Å². The van der Waals surface area contributed by atoms with Crippen LogP contribution in [0.3, 0.4) is 0 Å². The van der Waals surface area contributed by atoms with Crippen LogP contribution >= 0.6 is 0 Å². The van der Waals surface area contributed by atoms with Gasteiger partial charge in [0, 0.05) is 17.2 Å². The zero-order chi connectivity index (χ0) is 14.8. The minimum absolute atomic E-state index is 0.0452. The molecule has 2 N–H and O–H groups in total. The molecule has 2 aromatic rings. The van der Waals surface area contributed by atoms with Crippen LogP contribution < -0.4 is 5.32 Å². The van der Waals surface area contributed by atoms with Gasteiger partial charge in [-0.1, -0.05) is 12.1 Å². The molecule has 5 heteroatoms. The molecule has 0 aliphatic heterocycles. The number of hydrogen-bond acceptors (Lipinski definition) is 3. The maximum Gasteiger partial charge on any atom is 0.306 e. The van der Waals surface area contributed by atoms with E-state index in [0.29, 0.717) is 18.4 Å². The fourth-order valence-electron chi connectivity index (χ4n) is 2.47. The summed E-state index contributed by atoms with van der Waals surface area (Å²) in [6.45, 7) is 0. The third-order valence-electron chi connectivity index (χ3n) is 3.80. The van der Waals surface area contributed by atoms with E-state index in [-0.39, 0.29) is 17.9 Å². The third kappa shape index (κ3) is 2.81. The lowest BCUT2D eigenvalue weighted by atomic mass is 9.80. The molecule has 1 aromatic carbocycles. The lowest BCUT2D eigenvalue weighted by Crippen LogP contribution is -2.46. The van der Waals surface area contributed by atoms with Crippen molar-refractivity contribution in [2.75, 3.05) is 0 Å². The summed E-state index contributed by atoms with van der Waals surface area (Å²) in [5.74, 6) is -1.29. The molecule has 0 radical (unpaired) electrons. The van der Waals surface area contributed by atoms with E-state index in [4.69, 9.17) is 9.52 Å². The molecule has 108 valence electrons. The Labute approximate surface area is 121 Å². The standard InChI is InChI=1S/C16H15NO4/c18-15(17-14-7-13(8-14)16(19)20)11-3-1-2-10(6-11)12-4-5-21-9-12/h1-6,9,13-14H,7-8H2,(H,17,18)(H,19,20). The summed E-state index contributed by atoms with van der Waals surface area (Å²) in [7, 11) is 0. The summed E-state index contributed by atoms with van der Waals surface area (Å²) in [4.78, 5) is 22.9. The van der Waals surface area contributed by atoms with Crippen molar-refractivity contribution >= 4 is 11.9 Å². The topological polar surface area (TPSA) is 79.5 Å². The van der Waals surface area contributed by atoms with Crippen molar-refractivity contribution in [3.63, 3.8) is 0 Å². The molecule has 0 bridgehead atoms. The van der Waals surface area contributed by atoms with E-state index in [1.54, 1.807) is 24.7 Å².